The molecule has 0 spiro atoms. The van der Waals surface area contributed by atoms with Gasteiger partial charge in [0.05, 0.1) is 18.5 Å². The van der Waals surface area contributed by atoms with E-state index in [1.807, 2.05) is 0 Å². The van der Waals surface area contributed by atoms with Crippen LogP contribution in [0.5, 0.6) is 0 Å². The summed E-state index contributed by atoms with van der Waals surface area (Å²) in [5.41, 5.74) is 1.33. The van der Waals surface area contributed by atoms with Crippen molar-refractivity contribution < 1.29 is 53.1 Å². The summed E-state index contributed by atoms with van der Waals surface area (Å²) >= 11 is 0. The van der Waals surface area contributed by atoms with E-state index in [0.29, 0.717) is 11.1 Å². The number of carboxylic acids is 1. The Labute approximate surface area is 235 Å². The van der Waals surface area contributed by atoms with E-state index in [2.05, 4.69) is 10.6 Å². The Bertz CT molecular complexity index is 1210. The number of alkyl carbamates (subject to hydrolysis) is 2. The fourth-order valence-electron chi connectivity index (χ4n) is 4.62. The molecule has 2 aromatic rings. The third kappa shape index (κ3) is 9.21. The van der Waals surface area contributed by atoms with Crippen molar-refractivity contribution in [1.82, 2.24) is 10.6 Å². The summed E-state index contributed by atoms with van der Waals surface area (Å²) in [5, 5.41) is 25.8. The minimum Gasteiger partial charge on any atom is -0.481 e. The van der Waals surface area contributed by atoms with Gasteiger partial charge in [0.1, 0.15) is 19.3 Å². The highest BCUT2D eigenvalue weighted by Gasteiger charge is 2.55. The first-order valence-corrected chi connectivity index (χ1v) is 12.7. The van der Waals surface area contributed by atoms with Crippen LogP contribution in [0.15, 0.2) is 60.7 Å². The van der Waals surface area contributed by atoms with E-state index in [0.717, 1.165) is 13.8 Å². The van der Waals surface area contributed by atoms with Crippen molar-refractivity contribution in [3.05, 3.63) is 71.8 Å². The number of hydrogen-bond donors (Lipinski definition) is 4. The van der Waals surface area contributed by atoms with Crippen molar-refractivity contribution in [3.63, 3.8) is 0 Å². The average Bonchev–Trinajstić information content (AvgIpc) is 2.93. The molecule has 0 radical (unpaired) electrons. The lowest BCUT2D eigenvalue weighted by Crippen LogP contribution is -2.71. The van der Waals surface area contributed by atoms with E-state index in [-0.39, 0.29) is 13.2 Å². The van der Waals surface area contributed by atoms with Crippen LogP contribution in [0.3, 0.4) is 0 Å². The van der Waals surface area contributed by atoms with Crippen molar-refractivity contribution in [2.75, 3.05) is 0 Å². The second-order valence-corrected chi connectivity index (χ2v) is 9.36. The topological polar surface area (TPSA) is 187 Å². The number of carboxylic acid groups (broad SMARTS) is 1. The van der Waals surface area contributed by atoms with Crippen LogP contribution in [0.2, 0.25) is 0 Å². The lowest BCUT2D eigenvalue weighted by molar-refractivity contribution is -0.193. The smallest absolute Gasteiger partial charge is 0.407 e. The highest BCUT2D eigenvalue weighted by atomic mass is 16.6. The zero-order valence-electron chi connectivity index (χ0n) is 22.4. The summed E-state index contributed by atoms with van der Waals surface area (Å²) in [6.45, 7) is 1.84. The molecule has 41 heavy (non-hydrogen) atoms. The van der Waals surface area contributed by atoms with E-state index in [1.54, 1.807) is 60.7 Å². The molecule has 13 heteroatoms. The average molecular weight is 573 g/mol. The predicted octanol–water partition coefficient (Wildman–Crippen LogP) is 1.91. The van der Waals surface area contributed by atoms with Crippen molar-refractivity contribution in [2.45, 2.75) is 63.9 Å². The highest BCUT2D eigenvalue weighted by Crippen LogP contribution is 2.33. The fraction of sp³-hybridized carbons (Fsp3) is 0.393. The molecule has 6 atom stereocenters. The Morgan fingerprint density at radius 3 is 1.59 bits per heavy atom. The maximum atomic E-state index is 12.8. The number of ether oxygens (including phenoxy) is 4. The number of carbonyl (C=O) groups is 5. The number of aliphatic hydroxyl groups excluding tert-OH is 1. The molecule has 0 bridgehead atoms. The van der Waals surface area contributed by atoms with Crippen LogP contribution < -0.4 is 10.6 Å². The lowest BCUT2D eigenvalue weighted by atomic mass is 9.73. The Morgan fingerprint density at radius 1 is 0.707 bits per heavy atom. The van der Waals surface area contributed by atoms with E-state index in [4.69, 9.17) is 18.9 Å². The number of esters is 2. The second-order valence-electron chi connectivity index (χ2n) is 9.36. The number of carbonyl (C=O) groups excluding carboxylic acids is 4. The maximum Gasteiger partial charge on any atom is 0.407 e. The molecule has 4 N–H and O–H groups in total. The molecule has 0 aliphatic heterocycles. The van der Waals surface area contributed by atoms with Crippen LogP contribution in [-0.2, 0) is 46.5 Å². The van der Waals surface area contributed by atoms with Crippen LogP contribution in [-0.4, -0.2) is 70.7 Å². The van der Waals surface area contributed by atoms with Gasteiger partial charge in [-0.2, -0.15) is 0 Å². The SMILES string of the molecule is CC(=O)O[C@H]1[C@H](O)[C@H](NC(=O)OCc2ccccc2)[C@H](CC(=O)O)[C@@H](NC(=O)OCc2ccccc2)[C@@H]1OC(C)=O. The van der Waals surface area contributed by atoms with Gasteiger partial charge >= 0.3 is 30.1 Å². The first-order chi connectivity index (χ1) is 19.5. The molecule has 220 valence electrons. The monoisotopic (exact) mass is 572 g/mol. The molecule has 0 saturated heterocycles. The lowest BCUT2D eigenvalue weighted by Gasteiger charge is -2.47. The highest BCUT2D eigenvalue weighted by molar-refractivity contribution is 5.72. The van der Waals surface area contributed by atoms with E-state index in [1.165, 1.54) is 0 Å². The van der Waals surface area contributed by atoms with Crippen LogP contribution in [0, 0.1) is 5.92 Å². The summed E-state index contributed by atoms with van der Waals surface area (Å²) in [6, 6.07) is 14.6. The summed E-state index contributed by atoms with van der Waals surface area (Å²) in [6.07, 6.45) is -7.59. The summed E-state index contributed by atoms with van der Waals surface area (Å²) < 4.78 is 21.1. The number of amides is 2. The first-order valence-electron chi connectivity index (χ1n) is 12.7. The van der Waals surface area contributed by atoms with Gasteiger partial charge in [0.25, 0.3) is 0 Å². The molecule has 0 unspecified atom stereocenters. The van der Waals surface area contributed by atoms with Gasteiger partial charge < -0.3 is 39.8 Å². The zero-order valence-corrected chi connectivity index (χ0v) is 22.4. The molecular formula is C28H32N2O11. The minimum absolute atomic E-state index is 0.129. The number of hydrogen-bond acceptors (Lipinski definition) is 10. The van der Waals surface area contributed by atoms with E-state index >= 15 is 0 Å². The molecule has 2 amide bonds. The van der Waals surface area contributed by atoms with Crippen LogP contribution in [0.4, 0.5) is 9.59 Å². The number of nitrogens with one attached hydrogen (secondary N) is 2. The van der Waals surface area contributed by atoms with Crippen LogP contribution in [0.1, 0.15) is 31.4 Å². The first kappa shape index (κ1) is 30.9. The predicted molar refractivity (Wildman–Crippen MR) is 140 cm³/mol. The molecular weight excluding hydrogens is 540 g/mol. The van der Waals surface area contributed by atoms with Crippen molar-refractivity contribution in [3.8, 4) is 0 Å². The van der Waals surface area contributed by atoms with Crippen LogP contribution in [0.25, 0.3) is 0 Å². The van der Waals surface area contributed by atoms with Gasteiger partial charge in [-0.25, -0.2) is 9.59 Å². The molecule has 1 aliphatic carbocycles. The molecule has 2 aromatic carbocycles. The normalized spacial score (nSPS) is 23.4. The van der Waals surface area contributed by atoms with Gasteiger partial charge in [0.2, 0.25) is 0 Å². The molecule has 3 rings (SSSR count). The van der Waals surface area contributed by atoms with Crippen molar-refractivity contribution in [2.24, 2.45) is 5.92 Å². The standard InChI is InChI=1S/C28H32N2O11/c1-16(31)40-25-23(30-28(37)39-15-19-11-7-4-8-12-19)20(13-21(33)34)22(24(35)26(25)41-17(2)32)29-27(36)38-14-18-9-5-3-6-10-18/h3-12,20,22-26,35H,13-15H2,1-2H3,(H,29,36)(H,30,37)(H,33,34)/t20-,22+,23+,24+,25-,26-/m0/s1. The zero-order chi connectivity index (χ0) is 29.9. The summed E-state index contributed by atoms with van der Waals surface area (Å²) in [5.74, 6) is -4.33. The quantitative estimate of drug-likeness (QED) is 0.241. The Kier molecular flexibility index (Phi) is 11.0. The second kappa shape index (κ2) is 14.7. The van der Waals surface area contributed by atoms with Gasteiger partial charge in [-0.1, -0.05) is 60.7 Å². The largest absolute Gasteiger partial charge is 0.481 e. The van der Waals surface area contributed by atoms with Gasteiger partial charge in [0, 0.05) is 19.8 Å². The number of aliphatic carboxylic acids is 1. The van der Waals surface area contributed by atoms with Gasteiger partial charge in [-0.05, 0) is 11.1 Å². The summed E-state index contributed by atoms with van der Waals surface area (Å²) in [4.78, 5) is 61.4. The van der Waals surface area contributed by atoms with Crippen molar-refractivity contribution in [1.29, 1.82) is 0 Å². The minimum atomic E-state index is -1.75. The Morgan fingerprint density at radius 2 is 1.15 bits per heavy atom. The third-order valence-corrected chi connectivity index (χ3v) is 6.31. The molecule has 1 aliphatic rings. The number of aliphatic hydroxyl groups is 1. The Hall–Kier alpha value is -4.65. The molecule has 0 aromatic heterocycles. The molecule has 1 fully saturated rings. The Balaban J connectivity index is 1.89. The fourth-order valence-corrected chi connectivity index (χ4v) is 4.62. The molecule has 13 nitrogen and oxygen atoms in total. The molecule has 0 heterocycles. The summed E-state index contributed by atoms with van der Waals surface area (Å²) in [7, 11) is 0. The van der Waals surface area contributed by atoms with Crippen LogP contribution >= 0.6 is 0 Å². The van der Waals surface area contributed by atoms with E-state index < -0.39 is 72.8 Å². The van der Waals surface area contributed by atoms with Gasteiger partial charge in [-0.15, -0.1) is 0 Å². The third-order valence-electron chi connectivity index (χ3n) is 6.31. The number of benzene rings is 2. The van der Waals surface area contributed by atoms with Crippen molar-refractivity contribution >= 4 is 30.1 Å². The number of rotatable bonds is 10. The maximum absolute atomic E-state index is 12.8. The van der Waals surface area contributed by atoms with E-state index in [9.17, 15) is 34.2 Å². The molecule has 1 saturated carbocycles. The van der Waals surface area contributed by atoms with Gasteiger partial charge in [0.15, 0.2) is 12.2 Å². The van der Waals surface area contributed by atoms with Gasteiger partial charge in [-0.3, -0.25) is 14.4 Å².